The highest BCUT2D eigenvalue weighted by Gasteiger charge is 2.25. The summed E-state index contributed by atoms with van der Waals surface area (Å²) in [6.07, 6.45) is 13.9. The number of hydrogen-bond acceptors (Lipinski definition) is 4. The summed E-state index contributed by atoms with van der Waals surface area (Å²) >= 11 is 0. The number of pyridine rings is 1. The topological polar surface area (TPSA) is 49.3 Å². The summed E-state index contributed by atoms with van der Waals surface area (Å²) in [6.45, 7) is 4.24. The van der Waals surface area contributed by atoms with Gasteiger partial charge in [-0.3, -0.25) is 9.98 Å². The minimum Gasteiger partial charge on any atom is -0.382 e. The number of aliphatic imine (C=N–C) groups is 1. The van der Waals surface area contributed by atoms with E-state index in [1.807, 2.05) is 25.5 Å². The molecule has 1 aliphatic carbocycles. The van der Waals surface area contributed by atoms with Gasteiger partial charge in [0.2, 0.25) is 0 Å². The van der Waals surface area contributed by atoms with Crippen LogP contribution in [0.1, 0.15) is 30.5 Å². The van der Waals surface area contributed by atoms with Crippen LogP contribution in [0.15, 0.2) is 52.9 Å². The Morgan fingerprint density at radius 1 is 1.25 bits per heavy atom. The van der Waals surface area contributed by atoms with E-state index in [4.69, 9.17) is 0 Å². The van der Waals surface area contributed by atoms with Crippen LogP contribution in [0.4, 0.5) is 0 Å². The molecule has 0 saturated carbocycles. The van der Waals surface area contributed by atoms with Gasteiger partial charge in [-0.05, 0) is 68.6 Å². The zero-order chi connectivity index (χ0) is 16.4. The molecule has 2 N–H and O–H groups in total. The van der Waals surface area contributed by atoms with Crippen molar-refractivity contribution < 1.29 is 0 Å². The SMILES string of the molecule is Cc1cc(C2=CC3CC=NC=C3C(NC3CCNCC3)=C2)ccn1. The minimum atomic E-state index is 0.417. The van der Waals surface area contributed by atoms with Crippen LogP contribution in [0.25, 0.3) is 5.57 Å². The fourth-order valence-electron chi connectivity index (χ4n) is 3.68. The zero-order valence-electron chi connectivity index (χ0n) is 14.1. The van der Waals surface area contributed by atoms with Crippen molar-refractivity contribution in [2.75, 3.05) is 13.1 Å². The number of hydrogen-bond donors (Lipinski definition) is 2. The molecule has 0 spiro atoms. The largest absolute Gasteiger partial charge is 0.382 e. The van der Waals surface area contributed by atoms with Crippen LogP contribution in [0.2, 0.25) is 0 Å². The van der Waals surface area contributed by atoms with Crippen LogP contribution >= 0.6 is 0 Å². The lowest BCUT2D eigenvalue weighted by Gasteiger charge is -2.31. The Bertz CT molecular complexity index is 736. The Hall–Kier alpha value is -2.20. The third-order valence-corrected chi connectivity index (χ3v) is 5.00. The summed E-state index contributed by atoms with van der Waals surface area (Å²) in [5, 5.41) is 7.23. The Morgan fingerprint density at radius 3 is 2.96 bits per heavy atom. The molecular weight excluding hydrogens is 296 g/mol. The Morgan fingerprint density at radius 2 is 2.12 bits per heavy atom. The molecule has 4 nitrogen and oxygen atoms in total. The number of fused-ring (bicyclic) bond motifs is 1. The van der Waals surface area contributed by atoms with Crippen molar-refractivity contribution >= 4 is 11.8 Å². The molecule has 1 aromatic heterocycles. The van der Waals surface area contributed by atoms with Gasteiger partial charge in [-0.15, -0.1) is 0 Å². The van der Waals surface area contributed by atoms with Crippen molar-refractivity contribution in [3.63, 3.8) is 0 Å². The van der Waals surface area contributed by atoms with Gasteiger partial charge in [0.15, 0.2) is 0 Å². The van der Waals surface area contributed by atoms with E-state index in [0.29, 0.717) is 12.0 Å². The molecule has 1 saturated heterocycles. The van der Waals surface area contributed by atoms with E-state index in [9.17, 15) is 0 Å². The second-order valence-corrected chi connectivity index (χ2v) is 6.79. The van der Waals surface area contributed by atoms with Gasteiger partial charge in [0.1, 0.15) is 0 Å². The van der Waals surface area contributed by atoms with Gasteiger partial charge in [-0.1, -0.05) is 6.08 Å². The standard InChI is InChI=1S/C20H24N4/c1-14-10-15(3-9-23-14)17-11-16-2-6-22-13-19(16)20(12-17)24-18-4-7-21-8-5-18/h3,6,9-13,16,18,21,24H,2,4-5,7-8H2,1H3. The number of piperidine rings is 1. The van der Waals surface area contributed by atoms with Crippen molar-refractivity contribution in [1.29, 1.82) is 0 Å². The molecular formula is C20H24N4. The van der Waals surface area contributed by atoms with Crippen LogP contribution in [-0.2, 0) is 0 Å². The van der Waals surface area contributed by atoms with Crippen LogP contribution in [0, 0.1) is 12.8 Å². The first-order valence-electron chi connectivity index (χ1n) is 8.85. The maximum Gasteiger partial charge on any atom is 0.0402 e. The molecule has 3 heterocycles. The van der Waals surface area contributed by atoms with Gasteiger partial charge in [-0.25, -0.2) is 0 Å². The first-order chi connectivity index (χ1) is 11.8. The van der Waals surface area contributed by atoms with Crippen molar-refractivity contribution in [2.24, 2.45) is 10.9 Å². The van der Waals surface area contributed by atoms with Gasteiger partial charge in [0, 0.05) is 47.5 Å². The lowest BCUT2D eigenvalue weighted by molar-refractivity contribution is 0.411. The smallest absolute Gasteiger partial charge is 0.0402 e. The second kappa shape index (κ2) is 6.73. The normalized spacial score (nSPS) is 23.9. The van der Waals surface area contributed by atoms with Gasteiger partial charge < -0.3 is 10.6 Å². The molecule has 1 aromatic rings. The predicted octanol–water partition coefficient (Wildman–Crippen LogP) is 2.99. The van der Waals surface area contributed by atoms with E-state index >= 15 is 0 Å². The van der Waals surface area contributed by atoms with Crippen molar-refractivity contribution in [1.82, 2.24) is 15.6 Å². The number of rotatable bonds is 3. The number of aromatic nitrogens is 1. The molecule has 2 aliphatic heterocycles. The highest BCUT2D eigenvalue weighted by molar-refractivity contribution is 5.80. The quantitative estimate of drug-likeness (QED) is 0.900. The van der Waals surface area contributed by atoms with E-state index < -0.39 is 0 Å². The molecule has 1 atom stereocenters. The fraction of sp³-hybridized carbons (Fsp3) is 0.400. The number of nitrogens with one attached hydrogen (secondary N) is 2. The molecule has 1 unspecified atom stereocenters. The monoisotopic (exact) mass is 320 g/mol. The van der Waals surface area contributed by atoms with E-state index in [1.165, 1.54) is 35.2 Å². The van der Waals surface area contributed by atoms with E-state index in [-0.39, 0.29) is 0 Å². The lowest BCUT2D eigenvalue weighted by atomic mass is 9.83. The van der Waals surface area contributed by atoms with E-state index in [0.717, 1.165) is 25.2 Å². The third kappa shape index (κ3) is 3.20. The molecule has 124 valence electrons. The highest BCUT2D eigenvalue weighted by atomic mass is 15.0. The number of nitrogens with zero attached hydrogens (tertiary/aromatic N) is 2. The molecule has 3 aliphatic rings. The molecule has 0 aromatic carbocycles. The second-order valence-electron chi connectivity index (χ2n) is 6.79. The Labute approximate surface area is 143 Å². The molecule has 24 heavy (non-hydrogen) atoms. The summed E-state index contributed by atoms with van der Waals surface area (Å²) in [6, 6.07) is 4.81. The highest BCUT2D eigenvalue weighted by Crippen LogP contribution is 2.35. The average Bonchev–Trinajstić information content (AvgIpc) is 2.62. The van der Waals surface area contributed by atoms with Crippen LogP contribution < -0.4 is 10.6 Å². The summed E-state index contributed by atoms with van der Waals surface area (Å²) in [5.74, 6) is 0.417. The molecule has 4 heteroatoms. The molecule has 4 rings (SSSR count). The van der Waals surface area contributed by atoms with Crippen LogP contribution in [-0.4, -0.2) is 30.3 Å². The first kappa shape index (κ1) is 15.3. The Balaban J connectivity index is 1.66. The molecule has 1 fully saturated rings. The third-order valence-electron chi connectivity index (χ3n) is 5.00. The summed E-state index contributed by atoms with van der Waals surface area (Å²) in [5.41, 5.74) is 6.16. The predicted molar refractivity (Wildman–Crippen MR) is 98.7 cm³/mol. The fourth-order valence-corrected chi connectivity index (χ4v) is 3.68. The van der Waals surface area contributed by atoms with Gasteiger partial charge in [0.25, 0.3) is 0 Å². The first-order valence-corrected chi connectivity index (χ1v) is 8.85. The van der Waals surface area contributed by atoms with E-state index in [1.54, 1.807) is 0 Å². The minimum absolute atomic E-state index is 0.417. The summed E-state index contributed by atoms with van der Waals surface area (Å²) < 4.78 is 0. The number of aryl methyl sites for hydroxylation is 1. The molecule has 0 amide bonds. The zero-order valence-corrected chi connectivity index (χ0v) is 14.1. The van der Waals surface area contributed by atoms with Crippen molar-refractivity contribution in [2.45, 2.75) is 32.2 Å². The van der Waals surface area contributed by atoms with Crippen LogP contribution in [0.5, 0.6) is 0 Å². The van der Waals surface area contributed by atoms with Gasteiger partial charge in [-0.2, -0.15) is 0 Å². The maximum absolute atomic E-state index is 4.40. The lowest BCUT2D eigenvalue weighted by Crippen LogP contribution is -2.40. The van der Waals surface area contributed by atoms with E-state index in [2.05, 4.69) is 44.9 Å². The summed E-state index contributed by atoms with van der Waals surface area (Å²) in [7, 11) is 0. The van der Waals surface area contributed by atoms with Crippen molar-refractivity contribution in [3.8, 4) is 0 Å². The summed E-state index contributed by atoms with van der Waals surface area (Å²) in [4.78, 5) is 8.72. The average molecular weight is 320 g/mol. The van der Waals surface area contributed by atoms with Crippen LogP contribution in [0.3, 0.4) is 0 Å². The Kier molecular flexibility index (Phi) is 4.30. The van der Waals surface area contributed by atoms with Crippen molar-refractivity contribution in [3.05, 3.63) is 59.2 Å². The number of allylic oxidation sites excluding steroid dienone is 4. The molecule has 0 bridgehead atoms. The van der Waals surface area contributed by atoms with Gasteiger partial charge in [0.05, 0.1) is 0 Å². The maximum atomic E-state index is 4.40. The molecule has 0 radical (unpaired) electrons. The van der Waals surface area contributed by atoms with Gasteiger partial charge >= 0.3 is 0 Å².